The van der Waals surface area contributed by atoms with Gasteiger partial charge in [0.2, 0.25) is 5.91 Å². The molecule has 0 aliphatic rings. The number of rotatable bonds is 43. The van der Waals surface area contributed by atoms with Crippen molar-refractivity contribution in [2.75, 3.05) is 26.4 Å². The van der Waals surface area contributed by atoms with Gasteiger partial charge in [-0.2, -0.15) is 0 Å². The Balaban J connectivity index is 3.63. The molecule has 2 atom stereocenters. The molecule has 0 saturated heterocycles. The van der Waals surface area contributed by atoms with Crippen LogP contribution in [0.1, 0.15) is 200 Å². The maximum absolute atomic E-state index is 12.1. The van der Waals surface area contributed by atoms with Gasteiger partial charge in [-0.15, -0.1) is 0 Å². The number of hydrogen-bond acceptors (Lipinski definition) is 7. The van der Waals surface area contributed by atoms with Gasteiger partial charge in [0.25, 0.3) is 0 Å². The van der Waals surface area contributed by atoms with Gasteiger partial charge >= 0.3 is 13.8 Å². The molecule has 336 valence electrons. The molecular weight excluding hydrogens is 750 g/mol. The Morgan fingerprint density at radius 1 is 0.534 bits per heavy atom. The van der Waals surface area contributed by atoms with Crippen LogP contribution in [0.4, 0.5) is 0 Å². The number of carbonyl (C=O) groups is 2. The van der Waals surface area contributed by atoms with E-state index in [0.717, 1.165) is 83.5 Å². The summed E-state index contributed by atoms with van der Waals surface area (Å²) in [5, 5.41) is 12.7. The number of phosphoric acid groups is 1. The number of esters is 1. The lowest BCUT2D eigenvalue weighted by Crippen LogP contribution is -2.27. The Morgan fingerprint density at radius 2 is 0.931 bits per heavy atom. The zero-order valence-corrected chi connectivity index (χ0v) is 37.9. The van der Waals surface area contributed by atoms with Crippen LogP contribution in [0.15, 0.2) is 60.8 Å². The van der Waals surface area contributed by atoms with E-state index in [9.17, 15) is 24.2 Å². The number of unbranched alkanes of at least 4 members (excludes halogenated alkanes) is 20. The molecule has 10 heteroatoms. The van der Waals surface area contributed by atoms with Crippen molar-refractivity contribution >= 4 is 19.7 Å². The highest BCUT2D eigenvalue weighted by Gasteiger charge is 2.23. The smallest absolute Gasteiger partial charge is 0.463 e. The van der Waals surface area contributed by atoms with E-state index < -0.39 is 26.5 Å². The van der Waals surface area contributed by atoms with Gasteiger partial charge in [-0.05, 0) is 83.5 Å². The van der Waals surface area contributed by atoms with Crippen molar-refractivity contribution in [3.05, 3.63) is 60.8 Å². The molecule has 0 rings (SSSR count). The molecule has 0 aromatic rings. The van der Waals surface area contributed by atoms with Gasteiger partial charge in [-0.1, -0.05) is 164 Å². The van der Waals surface area contributed by atoms with Gasteiger partial charge in [0.05, 0.1) is 13.2 Å². The first-order valence-electron chi connectivity index (χ1n) is 23.3. The Hall–Kier alpha value is -2.29. The highest BCUT2D eigenvalue weighted by molar-refractivity contribution is 7.47. The third kappa shape index (κ3) is 44.8. The van der Waals surface area contributed by atoms with Crippen LogP contribution < -0.4 is 5.32 Å². The van der Waals surface area contributed by atoms with E-state index in [0.29, 0.717) is 6.42 Å². The lowest BCUT2D eigenvalue weighted by molar-refractivity contribution is -0.147. The second-order valence-electron chi connectivity index (χ2n) is 15.4. The van der Waals surface area contributed by atoms with Crippen molar-refractivity contribution in [2.45, 2.75) is 206 Å². The Labute approximate surface area is 355 Å². The first kappa shape index (κ1) is 55.7. The Bertz CT molecular complexity index is 1130. The molecule has 58 heavy (non-hydrogen) atoms. The Kier molecular flexibility index (Phi) is 42.5. The van der Waals surface area contributed by atoms with Crippen LogP contribution in [0.5, 0.6) is 0 Å². The molecule has 0 spiro atoms. The summed E-state index contributed by atoms with van der Waals surface area (Å²) in [7, 11) is -4.43. The van der Waals surface area contributed by atoms with E-state index in [1.165, 1.54) is 89.9 Å². The highest BCUT2D eigenvalue weighted by Crippen LogP contribution is 2.42. The number of aliphatic hydroxyl groups excluding tert-OH is 1. The van der Waals surface area contributed by atoms with Gasteiger partial charge in [0.1, 0.15) is 12.7 Å². The number of phosphoric ester groups is 1. The number of nitrogens with one attached hydrogen (secondary N) is 1. The fourth-order valence-corrected chi connectivity index (χ4v) is 6.88. The van der Waals surface area contributed by atoms with Gasteiger partial charge in [-0.25, -0.2) is 4.57 Å². The predicted octanol–water partition coefficient (Wildman–Crippen LogP) is 13.3. The van der Waals surface area contributed by atoms with E-state index in [1.54, 1.807) is 0 Å². The summed E-state index contributed by atoms with van der Waals surface area (Å²) in [6.45, 7) is 3.49. The molecule has 0 heterocycles. The summed E-state index contributed by atoms with van der Waals surface area (Å²) in [5.74, 6) is -0.538. The van der Waals surface area contributed by atoms with Crippen LogP contribution in [0.25, 0.3) is 0 Å². The molecular formula is C48H86NO8P. The third-order valence-corrected chi connectivity index (χ3v) is 10.7. The van der Waals surface area contributed by atoms with E-state index in [4.69, 9.17) is 13.8 Å². The van der Waals surface area contributed by atoms with Crippen molar-refractivity contribution in [1.29, 1.82) is 0 Å². The SMILES string of the molecule is CCCCC/C=C\C/C=C\C/C=C\CCCCCCCCC(=O)NCCOP(=O)(O)OCC(O)COC(=O)CCCCCCCCC/C=C\C/C=C\CCCCCC. The molecule has 2 unspecified atom stereocenters. The second kappa shape index (κ2) is 44.3. The molecule has 0 aromatic carbocycles. The normalized spacial score (nSPS) is 13.8. The number of ether oxygens (including phenoxy) is 1. The fraction of sp³-hybridized carbons (Fsp3) is 0.750. The first-order valence-corrected chi connectivity index (χ1v) is 24.8. The predicted molar refractivity (Wildman–Crippen MR) is 243 cm³/mol. The van der Waals surface area contributed by atoms with Gasteiger partial charge in [0.15, 0.2) is 0 Å². The number of aliphatic hydroxyl groups is 1. The van der Waals surface area contributed by atoms with Gasteiger partial charge in [0, 0.05) is 19.4 Å². The minimum absolute atomic E-state index is 0.0710. The second-order valence-corrected chi connectivity index (χ2v) is 16.8. The maximum Gasteiger partial charge on any atom is 0.472 e. The van der Waals surface area contributed by atoms with Gasteiger partial charge < -0.3 is 20.1 Å². The molecule has 1 amide bonds. The van der Waals surface area contributed by atoms with Crippen molar-refractivity contribution in [3.8, 4) is 0 Å². The lowest BCUT2D eigenvalue weighted by atomic mass is 10.1. The Morgan fingerprint density at radius 3 is 1.43 bits per heavy atom. The summed E-state index contributed by atoms with van der Waals surface area (Å²) >= 11 is 0. The van der Waals surface area contributed by atoms with Crippen LogP contribution in [0, 0.1) is 0 Å². The third-order valence-electron chi connectivity index (χ3n) is 9.67. The standard InChI is InChI=1S/C48H86NO8P/c1-3-5-7-9-11-13-15-17-19-21-23-24-26-28-30-32-34-36-38-40-47(51)49-42-43-56-58(53,54)57-45-46(50)44-55-48(52)41-39-37-35-33-31-29-27-25-22-20-18-16-14-12-10-8-6-4-2/h11,13-14,16-17,19-20,22-24,46,50H,3-10,12,15,18,21,25-45H2,1-2H3,(H,49,51)(H,53,54)/b13-11-,16-14-,19-17-,22-20-,24-23-. The minimum Gasteiger partial charge on any atom is -0.463 e. The van der Waals surface area contributed by atoms with Crippen LogP contribution in [-0.2, 0) is 27.9 Å². The average molecular weight is 836 g/mol. The number of hydrogen-bond donors (Lipinski definition) is 3. The van der Waals surface area contributed by atoms with Crippen molar-refractivity contribution < 1.29 is 37.9 Å². The minimum atomic E-state index is -4.43. The van der Waals surface area contributed by atoms with Crippen LogP contribution >= 0.6 is 7.82 Å². The molecule has 0 aromatic heterocycles. The number of carbonyl (C=O) groups excluding carboxylic acids is 2. The molecule has 0 aliphatic heterocycles. The quantitative estimate of drug-likeness (QED) is 0.0239. The summed E-state index contributed by atoms with van der Waals surface area (Å²) in [5.41, 5.74) is 0. The topological polar surface area (TPSA) is 131 Å². The van der Waals surface area contributed by atoms with Crippen molar-refractivity contribution in [1.82, 2.24) is 5.32 Å². The van der Waals surface area contributed by atoms with E-state index in [-0.39, 0.29) is 32.1 Å². The zero-order chi connectivity index (χ0) is 42.5. The van der Waals surface area contributed by atoms with Crippen molar-refractivity contribution in [2.24, 2.45) is 0 Å². The summed E-state index contributed by atoms with van der Waals surface area (Å²) in [6.07, 6.45) is 52.9. The largest absolute Gasteiger partial charge is 0.472 e. The molecule has 0 saturated carbocycles. The molecule has 0 fully saturated rings. The zero-order valence-electron chi connectivity index (χ0n) is 37.0. The van der Waals surface area contributed by atoms with E-state index in [1.807, 2.05) is 0 Å². The molecule has 0 bridgehead atoms. The molecule has 0 radical (unpaired) electrons. The van der Waals surface area contributed by atoms with Gasteiger partial charge in [-0.3, -0.25) is 18.6 Å². The average Bonchev–Trinajstić information content (AvgIpc) is 3.21. The molecule has 0 aliphatic carbocycles. The number of allylic oxidation sites excluding steroid dienone is 10. The van der Waals surface area contributed by atoms with Crippen LogP contribution in [0.2, 0.25) is 0 Å². The lowest BCUT2D eigenvalue weighted by Gasteiger charge is -2.15. The summed E-state index contributed by atoms with van der Waals surface area (Å²) in [6, 6.07) is 0. The van der Waals surface area contributed by atoms with Crippen molar-refractivity contribution in [3.63, 3.8) is 0 Å². The monoisotopic (exact) mass is 836 g/mol. The highest BCUT2D eigenvalue weighted by atomic mass is 31.2. The van der Waals surface area contributed by atoms with Crippen LogP contribution in [-0.4, -0.2) is 54.3 Å². The fourth-order valence-electron chi connectivity index (χ4n) is 6.12. The molecule has 9 nitrogen and oxygen atoms in total. The summed E-state index contributed by atoms with van der Waals surface area (Å²) < 4.78 is 26.9. The summed E-state index contributed by atoms with van der Waals surface area (Å²) in [4.78, 5) is 34.0. The first-order chi connectivity index (χ1) is 28.3. The van der Waals surface area contributed by atoms with E-state index in [2.05, 4.69) is 79.9 Å². The van der Waals surface area contributed by atoms with E-state index >= 15 is 0 Å². The maximum atomic E-state index is 12.1. The number of amides is 1. The molecule has 3 N–H and O–H groups in total. The van der Waals surface area contributed by atoms with Crippen LogP contribution in [0.3, 0.4) is 0 Å².